The number of rotatable bonds is 3. The van der Waals surface area contributed by atoms with Crippen LogP contribution in [0.3, 0.4) is 0 Å². The lowest BCUT2D eigenvalue weighted by Gasteiger charge is -2.01. The van der Waals surface area contributed by atoms with Gasteiger partial charge in [0.15, 0.2) is 0 Å². The van der Waals surface area contributed by atoms with Crippen molar-refractivity contribution in [1.29, 1.82) is 0 Å². The molecule has 0 spiro atoms. The van der Waals surface area contributed by atoms with Crippen LogP contribution in [0.15, 0.2) is 0 Å². The molecule has 0 radical (unpaired) electrons. The van der Waals surface area contributed by atoms with E-state index in [1.165, 1.54) is 17.0 Å². The highest BCUT2D eigenvalue weighted by atomic mass is 16.6. The molecule has 3 nitrogen and oxygen atoms in total. The van der Waals surface area contributed by atoms with Gasteiger partial charge < -0.3 is 4.74 Å². The molecule has 1 fully saturated rings. The molecule has 1 atom stereocenters. The number of epoxide rings is 1. The molecule has 1 aromatic rings. The molecule has 0 bridgehead atoms. The van der Waals surface area contributed by atoms with Gasteiger partial charge in [-0.3, -0.25) is 4.68 Å². The molecule has 72 valence electrons. The molecular formula is C10H16N2O. The van der Waals surface area contributed by atoms with Crippen LogP contribution in [0.1, 0.15) is 23.9 Å². The van der Waals surface area contributed by atoms with Crippen LogP contribution < -0.4 is 0 Å². The minimum atomic E-state index is 0.419. The molecule has 3 heteroatoms. The summed E-state index contributed by atoms with van der Waals surface area (Å²) in [4.78, 5) is 0. The van der Waals surface area contributed by atoms with Crippen LogP contribution >= 0.6 is 0 Å². The molecule has 2 rings (SSSR count). The Morgan fingerprint density at radius 3 is 2.69 bits per heavy atom. The second kappa shape index (κ2) is 3.14. The summed E-state index contributed by atoms with van der Waals surface area (Å²) in [6, 6.07) is 0. The van der Waals surface area contributed by atoms with Crippen molar-refractivity contribution in [3.63, 3.8) is 0 Å². The Hall–Kier alpha value is -0.830. The lowest BCUT2D eigenvalue weighted by atomic mass is 10.1. The Labute approximate surface area is 78.7 Å². The molecule has 13 heavy (non-hydrogen) atoms. The van der Waals surface area contributed by atoms with Gasteiger partial charge in [0, 0.05) is 5.69 Å². The normalized spacial score (nSPS) is 20.7. The molecule has 2 heterocycles. The van der Waals surface area contributed by atoms with E-state index in [9.17, 15) is 0 Å². The zero-order chi connectivity index (χ0) is 9.42. The molecule has 0 aromatic carbocycles. The summed E-state index contributed by atoms with van der Waals surface area (Å²) in [6.45, 7) is 8.22. The molecule has 0 amide bonds. The number of aromatic nitrogens is 2. The average Bonchev–Trinajstić information content (AvgIpc) is 2.83. The van der Waals surface area contributed by atoms with Gasteiger partial charge in [-0.2, -0.15) is 5.10 Å². The minimum Gasteiger partial charge on any atom is -0.371 e. The fourth-order valence-electron chi connectivity index (χ4n) is 1.79. The Morgan fingerprint density at radius 2 is 2.23 bits per heavy atom. The summed E-state index contributed by atoms with van der Waals surface area (Å²) < 4.78 is 7.26. The predicted octanol–water partition coefficient (Wildman–Crippen LogP) is 1.46. The average molecular weight is 180 g/mol. The molecule has 1 saturated heterocycles. The van der Waals surface area contributed by atoms with Crippen LogP contribution in [-0.2, 0) is 17.7 Å². The third kappa shape index (κ3) is 1.61. The van der Waals surface area contributed by atoms with Gasteiger partial charge in [0.1, 0.15) is 6.10 Å². The highest BCUT2D eigenvalue weighted by Crippen LogP contribution is 2.17. The van der Waals surface area contributed by atoms with E-state index in [4.69, 9.17) is 4.74 Å². The highest BCUT2D eigenvalue weighted by molar-refractivity contribution is 5.24. The molecular weight excluding hydrogens is 164 g/mol. The molecule has 1 aliphatic heterocycles. The molecule has 1 aromatic heterocycles. The fraction of sp³-hybridized carbons (Fsp3) is 0.700. The van der Waals surface area contributed by atoms with E-state index >= 15 is 0 Å². The molecule has 0 unspecified atom stereocenters. The number of nitrogens with zero attached hydrogens (tertiary/aromatic N) is 2. The first-order valence-corrected chi connectivity index (χ1v) is 4.86. The van der Waals surface area contributed by atoms with Gasteiger partial charge in [-0.05, 0) is 25.8 Å². The number of hydrogen-bond donors (Lipinski definition) is 0. The monoisotopic (exact) mass is 180 g/mol. The van der Waals surface area contributed by atoms with Gasteiger partial charge in [-0.15, -0.1) is 0 Å². The second-order valence-corrected chi connectivity index (χ2v) is 3.64. The topological polar surface area (TPSA) is 30.4 Å². The van der Waals surface area contributed by atoms with Crippen molar-refractivity contribution in [2.45, 2.75) is 39.8 Å². The summed E-state index contributed by atoms with van der Waals surface area (Å²) >= 11 is 0. The van der Waals surface area contributed by atoms with Gasteiger partial charge in [-0.1, -0.05) is 6.92 Å². The first-order chi connectivity index (χ1) is 6.22. The van der Waals surface area contributed by atoms with Crippen molar-refractivity contribution >= 4 is 0 Å². The molecule has 0 N–H and O–H groups in total. The van der Waals surface area contributed by atoms with E-state index in [0.29, 0.717) is 6.10 Å². The zero-order valence-corrected chi connectivity index (χ0v) is 8.50. The standard InChI is InChI=1S/C10H16N2O/c1-4-10-7(2)11-12(8(10)3)5-9-6-13-9/h9H,4-6H2,1-3H3/t9-/m0/s1. The number of ether oxygens (including phenoxy) is 1. The van der Waals surface area contributed by atoms with Crippen molar-refractivity contribution in [1.82, 2.24) is 9.78 Å². The van der Waals surface area contributed by atoms with Crippen molar-refractivity contribution in [3.8, 4) is 0 Å². The third-order valence-electron chi connectivity index (χ3n) is 2.66. The van der Waals surface area contributed by atoms with Crippen LogP contribution in [0.25, 0.3) is 0 Å². The van der Waals surface area contributed by atoms with Gasteiger partial charge in [-0.25, -0.2) is 0 Å². The summed E-state index contributed by atoms with van der Waals surface area (Å²) in [5.74, 6) is 0. The van der Waals surface area contributed by atoms with Crippen LogP contribution in [0, 0.1) is 13.8 Å². The summed E-state index contributed by atoms with van der Waals surface area (Å²) in [5.41, 5.74) is 3.86. The summed E-state index contributed by atoms with van der Waals surface area (Å²) in [7, 11) is 0. The molecule has 0 aliphatic carbocycles. The first-order valence-electron chi connectivity index (χ1n) is 4.86. The zero-order valence-electron chi connectivity index (χ0n) is 8.50. The smallest absolute Gasteiger partial charge is 0.100 e. The predicted molar refractivity (Wildman–Crippen MR) is 50.8 cm³/mol. The number of aryl methyl sites for hydroxylation is 1. The summed E-state index contributed by atoms with van der Waals surface area (Å²) in [6.07, 6.45) is 1.49. The van der Waals surface area contributed by atoms with E-state index < -0.39 is 0 Å². The van der Waals surface area contributed by atoms with E-state index in [1.807, 2.05) is 0 Å². The Morgan fingerprint density at radius 1 is 1.54 bits per heavy atom. The highest BCUT2D eigenvalue weighted by Gasteiger charge is 2.24. The van der Waals surface area contributed by atoms with Crippen LogP contribution in [0.4, 0.5) is 0 Å². The van der Waals surface area contributed by atoms with Gasteiger partial charge >= 0.3 is 0 Å². The number of hydrogen-bond acceptors (Lipinski definition) is 2. The third-order valence-corrected chi connectivity index (χ3v) is 2.66. The lowest BCUT2D eigenvalue weighted by Crippen LogP contribution is -2.07. The van der Waals surface area contributed by atoms with Crippen molar-refractivity contribution in [2.75, 3.05) is 6.61 Å². The minimum absolute atomic E-state index is 0.419. The van der Waals surface area contributed by atoms with Crippen molar-refractivity contribution in [3.05, 3.63) is 17.0 Å². The van der Waals surface area contributed by atoms with E-state index in [0.717, 1.165) is 19.6 Å². The van der Waals surface area contributed by atoms with Gasteiger partial charge in [0.25, 0.3) is 0 Å². The Kier molecular flexibility index (Phi) is 2.12. The SMILES string of the molecule is CCc1c(C)nn(C[C@H]2CO2)c1C. The van der Waals surface area contributed by atoms with Crippen molar-refractivity contribution < 1.29 is 4.74 Å². The van der Waals surface area contributed by atoms with Crippen LogP contribution in [-0.4, -0.2) is 22.5 Å². The molecule has 0 saturated carbocycles. The largest absolute Gasteiger partial charge is 0.371 e. The molecule has 1 aliphatic rings. The maximum Gasteiger partial charge on any atom is 0.100 e. The van der Waals surface area contributed by atoms with Crippen molar-refractivity contribution in [2.24, 2.45) is 0 Å². The Balaban J connectivity index is 2.23. The van der Waals surface area contributed by atoms with Crippen LogP contribution in [0.5, 0.6) is 0 Å². The quantitative estimate of drug-likeness (QED) is 0.659. The maximum absolute atomic E-state index is 5.19. The van der Waals surface area contributed by atoms with E-state index in [2.05, 4.69) is 30.6 Å². The lowest BCUT2D eigenvalue weighted by molar-refractivity contribution is 0.371. The van der Waals surface area contributed by atoms with Crippen LogP contribution in [0.2, 0.25) is 0 Å². The fourth-order valence-corrected chi connectivity index (χ4v) is 1.79. The van der Waals surface area contributed by atoms with E-state index in [1.54, 1.807) is 0 Å². The first kappa shape index (κ1) is 8.75. The maximum atomic E-state index is 5.19. The van der Waals surface area contributed by atoms with Gasteiger partial charge in [0.05, 0.1) is 18.8 Å². The Bertz CT molecular complexity index is 313. The van der Waals surface area contributed by atoms with E-state index in [-0.39, 0.29) is 0 Å². The summed E-state index contributed by atoms with van der Waals surface area (Å²) in [5, 5.41) is 4.50. The van der Waals surface area contributed by atoms with Gasteiger partial charge in [0.2, 0.25) is 0 Å². The second-order valence-electron chi connectivity index (χ2n) is 3.64.